The molecule has 1 aromatic rings. The van der Waals surface area contributed by atoms with Gasteiger partial charge in [0.25, 0.3) is 0 Å². The van der Waals surface area contributed by atoms with Gasteiger partial charge in [-0.2, -0.15) is 26.3 Å². The van der Waals surface area contributed by atoms with Crippen molar-refractivity contribution in [2.24, 2.45) is 11.7 Å². The number of hydrogen-bond acceptors (Lipinski definition) is 1. The van der Waals surface area contributed by atoms with Gasteiger partial charge in [-0.25, -0.2) is 4.39 Å². The zero-order chi connectivity index (χ0) is 14.1. The van der Waals surface area contributed by atoms with Crippen LogP contribution in [0.4, 0.5) is 30.7 Å². The summed E-state index contributed by atoms with van der Waals surface area (Å²) >= 11 is 0. The lowest BCUT2D eigenvalue weighted by atomic mass is 9.92. The lowest BCUT2D eigenvalue weighted by Crippen LogP contribution is -2.43. The molecule has 0 saturated carbocycles. The summed E-state index contributed by atoms with van der Waals surface area (Å²) in [5, 5.41) is 0. The van der Waals surface area contributed by atoms with Gasteiger partial charge in [0.05, 0.1) is 6.04 Å². The van der Waals surface area contributed by atoms with E-state index in [1.165, 1.54) is 0 Å². The maximum atomic E-state index is 12.5. The summed E-state index contributed by atoms with van der Waals surface area (Å²) in [7, 11) is 0. The number of nitrogens with two attached hydrogens (primary N) is 1. The Kier molecular flexibility index (Phi) is 3.89. The summed E-state index contributed by atoms with van der Waals surface area (Å²) in [4.78, 5) is 0. The molecule has 0 heterocycles. The van der Waals surface area contributed by atoms with Gasteiger partial charge in [-0.15, -0.1) is 0 Å². The highest BCUT2D eigenvalue weighted by atomic mass is 19.4. The summed E-state index contributed by atoms with van der Waals surface area (Å²) in [6, 6.07) is 0.762. The highest BCUT2D eigenvalue weighted by Crippen LogP contribution is 2.45. The van der Waals surface area contributed by atoms with Gasteiger partial charge < -0.3 is 5.73 Å². The van der Waals surface area contributed by atoms with Crippen molar-refractivity contribution < 1.29 is 30.7 Å². The Bertz CT molecular complexity index is 378. The van der Waals surface area contributed by atoms with Gasteiger partial charge in [0.1, 0.15) is 5.82 Å². The first-order valence-corrected chi connectivity index (χ1v) is 4.68. The molecule has 1 nitrogen and oxygen atoms in total. The van der Waals surface area contributed by atoms with E-state index in [2.05, 4.69) is 0 Å². The lowest BCUT2D eigenvalue weighted by Gasteiger charge is -2.28. The standard InChI is InChI=1S/C10H8F7N/c11-6-3-1-5(2-4-6)7(18)8(9(12,13)14)10(15,16)17/h1-4,7-8H,18H2. The molecule has 18 heavy (non-hydrogen) atoms. The normalized spacial score (nSPS) is 14.9. The van der Waals surface area contributed by atoms with Crippen molar-refractivity contribution in [3.8, 4) is 0 Å². The summed E-state index contributed by atoms with van der Waals surface area (Å²) < 4.78 is 86.7. The second-order valence-corrected chi connectivity index (χ2v) is 3.64. The molecule has 0 spiro atoms. The maximum Gasteiger partial charge on any atom is 0.402 e. The molecule has 1 aromatic carbocycles. The maximum absolute atomic E-state index is 12.5. The predicted molar refractivity (Wildman–Crippen MR) is 48.9 cm³/mol. The minimum absolute atomic E-state index is 0.434. The third-order valence-electron chi connectivity index (χ3n) is 2.32. The summed E-state index contributed by atoms with van der Waals surface area (Å²) in [5.74, 6) is -4.46. The molecule has 0 bridgehead atoms. The van der Waals surface area contributed by atoms with E-state index in [-0.39, 0.29) is 0 Å². The molecule has 0 fully saturated rings. The molecule has 0 radical (unpaired) electrons. The van der Waals surface area contributed by atoms with E-state index in [1.54, 1.807) is 0 Å². The zero-order valence-electron chi connectivity index (χ0n) is 8.69. The van der Waals surface area contributed by atoms with Crippen LogP contribution in [0.1, 0.15) is 11.6 Å². The molecular weight excluding hydrogens is 267 g/mol. The van der Waals surface area contributed by atoms with Crippen LogP contribution in [0.25, 0.3) is 0 Å². The fraction of sp³-hybridized carbons (Fsp3) is 0.400. The fourth-order valence-electron chi connectivity index (χ4n) is 1.47. The Balaban J connectivity index is 3.11. The van der Waals surface area contributed by atoms with E-state index in [0.717, 1.165) is 24.3 Å². The average molecular weight is 275 g/mol. The minimum atomic E-state index is -5.52. The molecule has 0 amide bonds. The summed E-state index contributed by atoms with van der Waals surface area (Å²) in [6.45, 7) is 0. The van der Waals surface area contributed by atoms with Gasteiger partial charge in [0.15, 0.2) is 5.92 Å². The second-order valence-electron chi connectivity index (χ2n) is 3.64. The van der Waals surface area contributed by atoms with Gasteiger partial charge >= 0.3 is 12.4 Å². The van der Waals surface area contributed by atoms with Gasteiger partial charge in [0.2, 0.25) is 0 Å². The van der Waals surface area contributed by atoms with Gasteiger partial charge in [-0.1, -0.05) is 12.1 Å². The largest absolute Gasteiger partial charge is 0.402 e. The minimum Gasteiger partial charge on any atom is -0.323 e. The number of halogens is 7. The van der Waals surface area contributed by atoms with Crippen molar-refractivity contribution in [2.45, 2.75) is 18.4 Å². The quantitative estimate of drug-likeness (QED) is 0.820. The van der Waals surface area contributed by atoms with Crippen LogP contribution in [0.3, 0.4) is 0 Å². The van der Waals surface area contributed by atoms with Crippen molar-refractivity contribution in [3.63, 3.8) is 0 Å². The van der Waals surface area contributed by atoms with Crippen LogP contribution in [0.2, 0.25) is 0 Å². The van der Waals surface area contributed by atoms with Crippen LogP contribution in [-0.4, -0.2) is 12.4 Å². The summed E-state index contributed by atoms with van der Waals surface area (Å²) in [6.07, 6.45) is -11.0. The SMILES string of the molecule is NC(c1ccc(F)cc1)C(C(F)(F)F)C(F)(F)F. The Morgan fingerprint density at radius 1 is 0.833 bits per heavy atom. The van der Waals surface area contributed by atoms with Crippen LogP contribution >= 0.6 is 0 Å². The van der Waals surface area contributed by atoms with Gasteiger partial charge in [-0.3, -0.25) is 0 Å². The number of hydrogen-bond donors (Lipinski definition) is 1. The topological polar surface area (TPSA) is 26.0 Å². The van der Waals surface area contributed by atoms with E-state index in [0.29, 0.717) is 0 Å². The smallest absolute Gasteiger partial charge is 0.323 e. The van der Waals surface area contributed by atoms with E-state index in [9.17, 15) is 30.7 Å². The first-order chi connectivity index (χ1) is 8.03. The van der Waals surface area contributed by atoms with E-state index in [4.69, 9.17) is 5.73 Å². The van der Waals surface area contributed by atoms with Gasteiger partial charge in [-0.05, 0) is 17.7 Å². The van der Waals surface area contributed by atoms with Crippen LogP contribution in [0.15, 0.2) is 24.3 Å². The molecule has 1 unspecified atom stereocenters. The highest BCUT2D eigenvalue weighted by molar-refractivity contribution is 5.21. The monoisotopic (exact) mass is 275 g/mol. The predicted octanol–water partition coefficient (Wildman–Crippen LogP) is 3.57. The fourth-order valence-corrected chi connectivity index (χ4v) is 1.47. The highest BCUT2D eigenvalue weighted by Gasteiger charge is 2.59. The van der Waals surface area contributed by atoms with E-state index < -0.39 is 35.7 Å². The van der Waals surface area contributed by atoms with E-state index in [1.807, 2.05) is 0 Å². The van der Waals surface area contributed by atoms with Crippen LogP contribution in [-0.2, 0) is 0 Å². The molecular formula is C10H8F7N. The van der Waals surface area contributed by atoms with E-state index >= 15 is 0 Å². The number of benzene rings is 1. The molecule has 0 aromatic heterocycles. The summed E-state index contributed by atoms with van der Waals surface area (Å²) in [5.41, 5.74) is 4.56. The van der Waals surface area contributed by atoms with Crippen molar-refractivity contribution in [2.75, 3.05) is 0 Å². The van der Waals surface area contributed by atoms with Gasteiger partial charge in [0, 0.05) is 0 Å². The lowest BCUT2D eigenvalue weighted by molar-refractivity contribution is -0.290. The zero-order valence-corrected chi connectivity index (χ0v) is 8.69. The van der Waals surface area contributed by atoms with Crippen molar-refractivity contribution >= 4 is 0 Å². The molecule has 1 rings (SSSR count). The Hall–Kier alpha value is -1.31. The van der Waals surface area contributed by atoms with Crippen LogP contribution in [0.5, 0.6) is 0 Å². The molecule has 8 heteroatoms. The molecule has 0 aliphatic rings. The van der Waals surface area contributed by atoms with Crippen molar-refractivity contribution in [1.29, 1.82) is 0 Å². The van der Waals surface area contributed by atoms with Crippen LogP contribution in [0, 0.1) is 11.7 Å². The third-order valence-corrected chi connectivity index (χ3v) is 2.32. The Labute approximate surface area is 97.4 Å². The second kappa shape index (κ2) is 4.75. The molecule has 0 aliphatic carbocycles. The molecule has 2 N–H and O–H groups in total. The Morgan fingerprint density at radius 3 is 1.56 bits per heavy atom. The first-order valence-electron chi connectivity index (χ1n) is 4.68. The van der Waals surface area contributed by atoms with Crippen molar-refractivity contribution in [1.82, 2.24) is 0 Å². The first kappa shape index (κ1) is 14.7. The van der Waals surface area contributed by atoms with Crippen molar-refractivity contribution in [3.05, 3.63) is 35.6 Å². The third kappa shape index (κ3) is 3.34. The number of alkyl halides is 6. The number of rotatable bonds is 2. The molecule has 0 saturated heterocycles. The van der Waals surface area contributed by atoms with Crippen LogP contribution < -0.4 is 5.73 Å². The average Bonchev–Trinajstić information content (AvgIpc) is 2.13. The Morgan fingerprint density at radius 2 is 1.22 bits per heavy atom. The molecule has 1 atom stereocenters. The molecule has 0 aliphatic heterocycles. The molecule has 102 valence electrons.